The summed E-state index contributed by atoms with van der Waals surface area (Å²) in [5.74, 6) is 0. The summed E-state index contributed by atoms with van der Waals surface area (Å²) in [6.07, 6.45) is 2.93. The van der Waals surface area contributed by atoms with E-state index in [4.69, 9.17) is 4.55 Å². The Morgan fingerprint density at radius 3 is 2.93 bits per heavy atom. The molecule has 0 fully saturated rings. The minimum Gasteiger partial charge on any atom is -0.302 e. The average Bonchev–Trinajstić information content (AvgIpc) is 2.71. The van der Waals surface area contributed by atoms with Crippen molar-refractivity contribution >= 4 is 11.1 Å². The Hall–Kier alpha value is -1.53. The Kier molecular flexibility index (Phi) is 2.38. The van der Waals surface area contributed by atoms with Gasteiger partial charge in [0.1, 0.15) is 12.7 Å². The van der Waals surface area contributed by atoms with Crippen molar-refractivity contribution in [1.82, 2.24) is 14.8 Å². The van der Waals surface area contributed by atoms with Crippen LogP contribution in [0.15, 0.2) is 41.8 Å². The fourth-order valence-corrected chi connectivity index (χ4v) is 1.49. The van der Waals surface area contributed by atoms with Gasteiger partial charge in [0.05, 0.1) is 10.6 Å². The van der Waals surface area contributed by atoms with Crippen LogP contribution in [0.5, 0.6) is 0 Å². The van der Waals surface area contributed by atoms with Crippen molar-refractivity contribution in [1.29, 1.82) is 0 Å². The molecule has 0 radical (unpaired) electrons. The molecule has 14 heavy (non-hydrogen) atoms. The molecule has 1 aromatic carbocycles. The lowest BCUT2D eigenvalue weighted by molar-refractivity contribution is 0.564. The zero-order valence-electron chi connectivity index (χ0n) is 7.07. The Bertz CT molecular complexity index is 455. The molecule has 1 unspecified atom stereocenters. The van der Waals surface area contributed by atoms with Gasteiger partial charge < -0.3 is 4.55 Å². The Balaban J connectivity index is 2.46. The topological polar surface area (TPSA) is 68.0 Å². The fourth-order valence-electron chi connectivity index (χ4n) is 1.08. The first-order chi connectivity index (χ1) is 6.77. The van der Waals surface area contributed by atoms with E-state index in [1.807, 2.05) is 0 Å². The SMILES string of the molecule is O=S(O)c1cccc(-n2cncn2)c1. The smallest absolute Gasteiger partial charge is 0.186 e. The first kappa shape index (κ1) is 9.04. The molecular weight excluding hydrogens is 202 g/mol. The molecule has 2 aromatic rings. The van der Waals surface area contributed by atoms with Crippen molar-refractivity contribution in [3.8, 4) is 5.69 Å². The van der Waals surface area contributed by atoms with E-state index < -0.39 is 11.1 Å². The molecule has 1 aromatic heterocycles. The number of nitrogens with zero attached hydrogens (tertiary/aromatic N) is 3. The van der Waals surface area contributed by atoms with Gasteiger partial charge in [-0.1, -0.05) is 6.07 Å². The number of hydrogen-bond donors (Lipinski definition) is 1. The predicted octanol–water partition coefficient (Wildman–Crippen LogP) is 0.848. The third-order valence-electron chi connectivity index (χ3n) is 1.70. The fraction of sp³-hybridized carbons (Fsp3) is 0. The van der Waals surface area contributed by atoms with Crippen LogP contribution < -0.4 is 0 Å². The molecule has 1 N–H and O–H groups in total. The highest BCUT2D eigenvalue weighted by Crippen LogP contribution is 2.11. The maximum absolute atomic E-state index is 10.8. The average molecular weight is 209 g/mol. The van der Waals surface area contributed by atoms with Crippen LogP contribution in [0.25, 0.3) is 5.69 Å². The third kappa shape index (κ3) is 1.70. The minimum atomic E-state index is -1.96. The second kappa shape index (κ2) is 3.69. The first-order valence-corrected chi connectivity index (χ1v) is 4.94. The molecule has 0 aliphatic heterocycles. The van der Waals surface area contributed by atoms with E-state index in [1.165, 1.54) is 17.3 Å². The van der Waals surface area contributed by atoms with Gasteiger partial charge >= 0.3 is 0 Å². The molecule has 0 aliphatic rings. The molecule has 0 aliphatic carbocycles. The molecule has 0 bridgehead atoms. The molecule has 1 heterocycles. The molecule has 0 saturated carbocycles. The van der Waals surface area contributed by atoms with Crippen LogP contribution in [0.1, 0.15) is 0 Å². The molecule has 72 valence electrons. The normalized spacial score (nSPS) is 12.6. The van der Waals surface area contributed by atoms with E-state index in [0.29, 0.717) is 10.6 Å². The molecule has 0 amide bonds. The molecule has 1 atom stereocenters. The minimum absolute atomic E-state index is 0.345. The summed E-state index contributed by atoms with van der Waals surface area (Å²) in [5.41, 5.74) is 0.711. The quantitative estimate of drug-likeness (QED) is 0.744. The van der Waals surface area contributed by atoms with Gasteiger partial charge in [-0.25, -0.2) is 13.9 Å². The van der Waals surface area contributed by atoms with Crippen LogP contribution in [-0.2, 0) is 11.1 Å². The highest BCUT2D eigenvalue weighted by molar-refractivity contribution is 7.79. The van der Waals surface area contributed by atoms with Gasteiger partial charge in [-0.15, -0.1) is 0 Å². The first-order valence-electron chi connectivity index (χ1n) is 3.83. The maximum Gasteiger partial charge on any atom is 0.186 e. The molecule has 6 heteroatoms. The summed E-state index contributed by atoms with van der Waals surface area (Å²) in [5, 5.41) is 3.91. The van der Waals surface area contributed by atoms with Crippen molar-refractivity contribution < 1.29 is 8.76 Å². The van der Waals surface area contributed by atoms with Crippen molar-refractivity contribution in [2.75, 3.05) is 0 Å². The second-order valence-electron chi connectivity index (χ2n) is 2.59. The van der Waals surface area contributed by atoms with Crippen molar-refractivity contribution in [3.63, 3.8) is 0 Å². The number of rotatable bonds is 2. The molecule has 5 nitrogen and oxygen atoms in total. The van der Waals surface area contributed by atoms with Gasteiger partial charge in [-0.3, -0.25) is 0 Å². The Labute approximate surface area is 82.7 Å². The van der Waals surface area contributed by atoms with Gasteiger partial charge in [-0.05, 0) is 18.2 Å². The van der Waals surface area contributed by atoms with Crippen LogP contribution in [0.4, 0.5) is 0 Å². The predicted molar refractivity (Wildman–Crippen MR) is 50.4 cm³/mol. The number of hydrogen-bond acceptors (Lipinski definition) is 3. The monoisotopic (exact) mass is 209 g/mol. The van der Waals surface area contributed by atoms with E-state index in [2.05, 4.69) is 10.1 Å². The maximum atomic E-state index is 10.8. The molecule has 0 spiro atoms. The largest absolute Gasteiger partial charge is 0.302 e. The number of aromatic nitrogens is 3. The van der Waals surface area contributed by atoms with Gasteiger partial charge in [0.25, 0.3) is 0 Å². The van der Waals surface area contributed by atoms with Gasteiger partial charge in [0, 0.05) is 0 Å². The number of benzene rings is 1. The molecular formula is C8H7N3O2S. The summed E-state index contributed by atoms with van der Waals surface area (Å²) in [7, 11) is 0. The lowest BCUT2D eigenvalue weighted by Crippen LogP contribution is -1.96. The van der Waals surface area contributed by atoms with Crippen LogP contribution >= 0.6 is 0 Å². The highest BCUT2D eigenvalue weighted by atomic mass is 32.2. The van der Waals surface area contributed by atoms with Crippen molar-refractivity contribution in [3.05, 3.63) is 36.9 Å². The summed E-state index contributed by atoms with van der Waals surface area (Å²) in [6.45, 7) is 0. The Morgan fingerprint density at radius 2 is 2.29 bits per heavy atom. The van der Waals surface area contributed by atoms with Crippen LogP contribution in [0.2, 0.25) is 0 Å². The molecule has 2 rings (SSSR count). The summed E-state index contributed by atoms with van der Waals surface area (Å²) in [6, 6.07) is 6.65. The van der Waals surface area contributed by atoms with E-state index >= 15 is 0 Å². The Morgan fingerprint density at radius 1 is 1.43 bits per heavy atom. The highest BCUT2D eigenvalue weighted by Gasteiger charge is 2.02. The van der Waals surface area contributed by atoms with E-state index in [1.54, 1.807) is 24.3 Å². The van der Waals surface area contributed by atoms with Gasteiger partial charge in [0.15, 0.2) is 11.1 Å². The molecule has 0 saturated heterocycles. The standard InChI is InChI=1S/C8H7N3O2S/c12-14(13)8-3-1-2-7(4-8)11-6-9-5-10-11/h1-6H,(H,12,13). The summed E-state index contributed by atoms with van der Waals surface area (Å²) in [4.78, 5) is 4.13. The lowest BCUT2D eigenvalue weighted by atomic mass is 10.3. The second-order valence-corrected chi connectivity index (χ2v) is 3.56. The van der Waals surface area contributed by atoms with E-state index in [-0.39, 0.29) is 0 Å². The lowest BCUT2D eigenvalue weighted by Gasteiger charge is -2.00. The van der Waals surface area contributed by atoms with Gasteiger partial charge in [0.2, 0.25) is 0 Å². The van der Waals surface area contributed by atoms with Crippen molar-refractivity contribution in [2.24, 2.45) is 0 Å². The van der Waals surface area contributed by atoms with Crippen LogP contribution in [0, 0.1) is 0 Å². The summed E-state index contributed by atoms with van der Waals surface area (Å²) >= 11 is -1.96. The third-order valence-corrected chi connectivity index (χ3v) is 2.36. The van der Waals surface area contributed by atoms with E-state index in [9.17, 15) is 4.21 Å². The van der Waals surface area contributed by atoms with Gasteiger partial charge in [-0.2, -0.15) is 5.10 Å². The van der Waals surface area contributed by atoms with Crippen LogP contribution in [0.3, 0.4) is 0 Å². The van der Waals surface area contributed by atoms with Crippen LogP contribution in [-0.4, -0.2) is 23.5 Å². The summed E-state index contributed by atoms with van der Waals surface area (Å²) < 4.78 is 21.2. The zero-order valence-corrected chi connectivity index (χ0v) is 7.89. The van der Waals surface area contributed by atoms with E-state index in [0.717, 1.165) is 0 Å². The van der Waals surface area contributed by atoms with Crippen molar-refractivity contribution in [2.45, 2.75) is 4.90 Å². The zero-order chi connectivity index (χ0) is 9.97.